The fourth-order valence-electron chi connectivity index (χ4n) is 2.22. The molecule has 0 aliphatic carbocycles. The second-order valence-corrected chi connectivity index (χ2v) is 6.13. The molecule has 0 aliphatic rings. The predicted octanol–water partition coefficient (Wildman–Crippen LogP) is 4.63. The number of halogens is 1. The summed E-state index contributed by atoms with van der Waals surface area (Å²) < 4.78 is 6.21. The highest BCUT2D eigenvalue weighted by Gasteiger charge is 2.11. The molecule has 0 aliphatic heterocycles. The highest BCUT2D eigenvalue weighted by atomic mass is 79.9. The molecule has 122 valence electrons. The lowest BCUT2D eigenvalue weighted by atomic mass is 10.2. The maximum absolute atomic E-state index is 11.8. The van der Waals surface area contributed by atoms with Crippen molar-refractivity contribution < 1.29 is 14.6 Å². The van der Waals surface area contributed by atoms with Crippen LogP contribution in [0.5, 0.6) is 11.6 Å². The Hall–Kier alpha value is -2.67. The topological polar surface area (TPSA) is 87.0 Å². The van der Waals surface area contributed by atoms with Crippen LogP contribution >= 0.6 is 15.9 Å². The summed E-state index contributed by atoms with van der Waals surface area (Å²) in [6.45, 7) is 1.71. The van der Waals surface area contributed by atoms with Crippen molar-refractivity contribution in [2.45, 2.75) is 6.92 Å². The van der Waals surface area contributed by atoms with Gasteiger partial charge in [0.25, 0.3) is 0 Å². The summed E-state index contributed by atoms with van der Waals surface area (Å²) in [5.74, 6) is -0.0862. The Balaban J connectivity index is 1.72. The molecule has 24 heavy (non-hydrogen) atoms. The number of ether oxygens (including phenoxy) is 1. The molecule has 0 unspecified atom stereocenters. The number of benzene rings is 2. The summed E-state index contributed by atoms with van der Waals surface area (Å²) in [6, 6.07) is 12.8. The normalized spacial score (nSPS) is 11.2. The molecule has 0 spiro atoms. The van der Waals surface area contributed by atoms with Crippen molar-refractivity contribution in [1.29, 1.82) is 0 Å². The number of rotatable bonds is 4. The lowest BCUT2D eigenvalue weighted by Gasteiger charge is -2.03. The first-order valence-corrected chi connectivity index (χ1v) is 7.96. The van der Waals surface area contributed by atoms with Gasteiger partial charge in [-0.05, 0) is 42.8 Å². The number of aromatic hydroxyl groups is 1. The van der Waals surface area contributed by atoms with Crippen molar-refractivity contribution in [2.75, 3.05) is 6.61 Å². The van der Waals surface area contributed by atoms with Crippen LogP contribution in [0.1, 0.15) is 5.56 Å². The van der Waals surface area contributed by atoms with E-state index in [0.717, 1.165) is 10.0 Å². The third-order valence-corrected chi connectivity index (χ3v) is 3.82. The standard InChI is InChI=1S/C17H14BrN3O3/c1-10-3-2-4-12(7-10)24-9-15(22)20-21-16-13-8-11(18)5-6-14(13)19-17(16)23/h2-8,19,23H,9H2,1H3. The highest BCUT2D eigenvalue weighted by Crippen LogP contribution is 2.36. The Bertz CT molecular complexity index is 934. The van der Waals surface area contributed by atoms with E-state index in [1.807, 2.05) is 31.2 Å². The van der Waals surface area contributed by atoms with Crippen LogP contribution < -0.4 is 4.74 Å². The van der Waals surface area contributed by atoms with Crippen molar-refractivity contribution in [3.8, 4) is 11.6 Å². The number of carbonyl (C=O) groups is 1. The molecule has 0 bridgehead atoms. The summed E-state index contributed by atoms with van der Waals surface area (Å²) >= 11 is 3.36. The van der Waals surface area contributed by atoms with Crippen LogP contribution in [0.3, 0.4) is 0 Å². The van der Waals surface area contributed by atoms with Gasteiger partial charge in [0.05, 0.1) is 5.52 Å². The van der Waals surface area contributed by atoms with Crippen LogP contribution in [0.2, 0.25) is 0 Å². The largest absolute Gasteiger partial charge is 0.493 e. The zero-order chi connectivity index (χ0) is 17.1. The van der Waals surface area contributed by atoms with Crippen molar-refractivity contribution in [3.05, 3.63) is 52.5 Å². The van der Waals surface area contributed by atoms with Crippen molar-refractivity contribution in [3.63, 3.8) is 0 Å². The van der Waals surface area contributed by atoms with Gasteiger partial charge in [0.2, 0.25) is 5.88 Å². The fourth-order valence-corrected chi connectivity index (χ4v) is 2.58. The Morgan fingerprint density at radius 3 is 2.92 bits per heavy atom. The third kappa shape index (κ3) is 3.62. The number of nitrogens with one attached hydrogen (secondary N) is 1. The maximum Gasteiger partial charge on any atom is 0.302 e. The molecular formula is C17H14BrN3O3. The Morgan fingerprint density at radius 2 is 2.12 bits per heavy atom. The summed E-state index contributed by atoms with van der Waals surface area (Å²) in [4.78, 5) is 14.6. The van der Waals surface area contributed by atoms with E-state index >= 15 is 0 Å². The van der Waals surface area contributed by atoms with E-state index in [1.54, 1.807) is 18.2 Å². The first-order valence-electron chi connectivity index (χ1n) is 7.17. The first-order chi connectivity index (χ1) is 11.5. The molecule has 1 amide bonds. The molecule has 0 fully saturated rings. The van der Waals surface area contributed by atoms with Crippen LogP contribution in [-0.4, -0.2) is 22.6 Å². The molecule has 3 rings (SSSR count). The Labute approximate surface area is 146 Å². The second-order valence-electron chi connectivity index (χ2n) is 5.21. The number of aromatic nitrogens is 1. The number of hydrogen-bond donors (Lipinski definition) is 2. The molecule has 2 N–H and O–H groups in total. The third-order valence-electron chi connectivity index (χ3n) is 3.33. The van der Waals surface area contributed by atoms with E-state index < -0.39 is 5.91 Å². The lowest BCUT2D eigenvalue weighted by Crippen LogP contribution is -2.07. The maximum atomic E-state index is 11.8. The molecule has 3 aromatic rings. The van der Waals surface area contributed by atoms with Crippen LogP contribution in [0, 0.1) is 6.92 Å². The molecule has 2 aromatic carbocycles. The van der Waals surface area contributed by atoms with Gasteiger partial charge in [0.15, 0.2) is 12.3 Å². The number of azo groups is 1. The quantitative estimate of drug-likeness (QED) is 0.639. The van der Waals surface area contributed by atoms with Gasteiger partial charge in [-0.1, -0.05) is 28.1 Å². The minimum Gasteiger partial charge on any atom is -0.493 e. The lowest BCUT2D eigenvalue weighted by molar-refractivity contribution is -0.120. The molecule has 0 saturated heterocycles. The van der Waals surface area contributed by atoms with Gasteiger partial charge < -0.3 is 14.8 Å². The summed E-state index contributed by atoms with van der Waals surface area (Å²) in [6.07, 6.45) is 0. The number of nitrogens with zero attached hydrogens (tertiary/aromatic N) is 2. The van der Waals surface area contributed by atoms with Gasteiger partial charge in [-0.3, -0.25) is 4.79 Å². The number of hydrogen-bond acceptors (Lipinski definition) is 4. The number of H-pyrrole nitrogens is 1. The summed E-state index contributed by atoms with van der Waals surface area (Å²) in [5.41, 5.74) is 1.96. The van der Waals surface area contributed by atoms with Gasteiger partial charge in [0, 0.05) is 9.86 Å². The minimum absolute atomic E-state index is 0.140. The summed E-state index contributed by atoms with van der Waals surface area (Å²) in [5, 5.41) is 18.0. The van der Waals surface area contributed by atoms with Crippen LogP contribution in [0.4, 0.5) is 5.69 Å². The van der Waals surface area contributed by atoms with Crippen molar-refractivity contribution >= 4 is 38.4 Å². The van der Waals surface area contributed by atoms with E-state index in [-0.39, 0.29) is 18.2 Å². The van der Waals surface area contributed by atoms with E-state index in [1.165, 1.54) is 0 Å². The molecule has 7 heteroatoms. The summed E-state index contributed by atoms with van der Waals surface area (Å²) in [7, 11) is 0. The minimum atomic E-state index is -0.541. The van der Waals surface area contributed by atoms with Gasteiger partial charge in [-0.2, -0.15) is 0 Å². The van der Waals surface area contributed by atoms with Crippen molar-refractivity contribution in [2.24, 2.45) is 10.2 Å². The molecular weight excluding hydrogens is 374 g/mol. The Kier molecular flexibility index (Phi) is 4.61. The first kappa shape index (κ1) is 16.2. The molecule has 0 saturated carbocycles. The Morgan fingerprint density at radius 1 is 1.29 bits per heavy atom. The molecule has 0 atom stereocenters. The zero-order valence-corrected chi connectivity index (χ0v) is 14.4. The van der Waals surface area contributed by atoms with Gasteiger partial charge in [0.1, 0.15) is 5.75 Å². The number of aromatic amines is 1. The number of aryl methyl sites for hydroxylation is 1. The fraction of sp³-hybridized carbons (Fsp3) is 0.118. The van der Waals surface area contributed by atoms with Crippen LogP contribution in [-0.2, 0) is 4.79 Å². The second kappa shape index (κ2) is 6.84. The van der Waals surface area contributed by atoms with Gasteiger partial charge >= 0.3 is 5.91 Å². The number of carbonyl (C=O) groups excluding carboxylic acids is 1. The van der Waals surface area contributed by atoms with E-state index in [0.29, 0.717) is 16.7 Å². The highest BCUT2D eigenvalue weighted by molar-refractivity contribution is 9.10. The zero-order valence-electron chi connectivity index (χ0n) is 12.8. The molecule has 6 nitrogen and oxygen atoms in total. The number of amides is 1. The molecule has 1 aromatic heterocycles. The van der Waals surface area contributed by atoms with Crippen molar-refractivity contribution in [1.82, 2.24) is 4.98 Å². The SMILES string of the molecule is Cc1cccc(OCC(=O)N=Nc2c(O)[nH]c3ccc(Br)cc23)c1. The van der Waals surface area contributed by atoms with Gasteiger partial charge in [-0.15, -0.1) is 10.2 Å². The molecule has 1 heterocycles. The average molecular weight is 388 g/mol. The predicted molar refractivity (Wildman–Crippen MR) is 93.9 cm³/mol. The molecule has 0 radical (unpaired) electrons. The van der Waals surface area contributed by atoms with Crippen LogP contribution in [0.25, 0.3) is 10.9 Å². The number of fused-ring (bicyclic) bond motifs is 1. The van der Waals surface area contributed by atoms with E-state index in [4.69, 9.17) is 4.74 Å². The monoisotopic (exact) mass is 387 g/mol. The van der Waals surface area contributed by atoms with Gasteiger partial charge in [-0.25, -0.2) is 0 Å². The van der Waals surface area contributed by atoms with E-state index in [9.17, 15) is 9.90 Å². The van der Waals surface area contributed by atoms with Crippen LogP contribution in [0.15, 0.2) is 57.2 Å². The van der Waals surface area contributed by atoms with E-state index in [2.05, 4.69) is 31.1 Å². The smallest absolute Gasteiger partial charge is 0.302 e. The average Bonchev–Trinajstić information content (AvgIpc) is 2.86.